The van der Waals surface area contributed by atoms with Crippen LogP contribution in [0.2, 0.25) is 0 Å². The summed E-state index contributed by atoms with van der Waals surface area (Å²) in [5.41, 5.74) is 5.30. The number of rotatable bonds is 4. The number of ether oxygens (including phenoxy) is 1. The molecule has 0 bridgehead atoms. The van der Waals surface area contributed by atoms with E-state index < -0.39 is 5.41 Å². The summed E-state index contributed by atoms with van der Waals surface area (Å²) in [6, 6.07) is 27.7. The minimum absolute atomic E-state index is 0.100. The van der Waals surface area contributed by atoms with Crippen molar-refractivity contribution in [1.29, 1.82) is 0 Å². The summed E-state index contributed by atoms with van der Waals surface area (Å²) in [6.45, 7) is 2.26. The number of nitrogens with zero attached hydrogens (tertiary/aromatic N) is 3. The van der Waals surface area contributed by atoms with E-state index >= 15 is 0 Å². The van der Waals surface area contributed by atoms with Crippen molar-refractivity contribution in [3.05, 3.63) is 118 Å². The highest BCUT2D eigenvalue weighted by Gasteiger charge is 2.48. The zero-order valence-electron chi connectivity index (χ0n) is 20.4. The van der Waals surface area contributed by atoms with Crippen molar-refractivity contribution < 1.29 is 14.2 Å². The lowest BCUT2D eigenvalue weighted by Gasteiger charge is -2.24. The number of benzene rings is 4. The molecule has 36 heavy (non-hydrogen) atoms. The van der Waals surface area contributed by atoms with E-state index in [1.807, 2.05) is 37.4 Å². The molecule has 0 N–H and O–H groups in total. The summed E-state index contributed by atoms with van der Waals surface area (Å²) in [6.07, 6.45) is 2.83. The van der Waals surface area contributed by atoms with Gasteiger partial charge in [-0.15, -0.1) is 0 Å². The van der Waals surface area contributed by atoms with Crippen molar-refractivity contribution in [2.45, 2.75) is 18.8 Å². The highest BCUT2D eigenvalue weighted by atomic mass is 16.6. The molecule has 2 aliphatic heterocycles. The van der Waals surface area contributed by atoms with Gasteiger partial charge in [0, 0.05) is 30.8 Å². The van der Waals surface area contributed by atoms with Crippen molar-refractivity contribution in [1.82, 2.24) is 0 Å². The van der Waals surface area contributed by atoms with Gasteiger partial charge in [-0.25, -0.2) is 0 Å². The lowest BCUT2D eigenvalue weighted by molar-refractivity contribution is -0.401. The number of anilines is 1. The smallest absolute Gasteiger partial charge is 0.269 e. The number of non-ortho nitro benzene ring substituents is 1. The second kappa shape index (κ2) is 8.05. The van der Waals surface area contributed by atoms with E-state index in [9.17, 15) is 10.1 Å². The monoisotopic (exact) mass is 476 g/mol. The maximum atomic E-state index is 11.2. The van der Waals surface area contributed by atoms with Gasteiger partial charge in [-0.2, -0.15) is 4.58 Å². The minimum atomic E-state index is -0.396. The largest absolute Gasteiger partial charge is 0.438 e. The predicted octanol–water partition coefficient (Wildman–Crippen LogP) is 6.35. The lowest BCUT2D eigenvalue weighted by Crippen LogP contribution is -2.34. The van der Waals surface area contributed by atoms with Crippen LogP contribution in [0.3, 0.4) is 0 Å². The second-order valence-corrected chi connectivity index (χ2v) is 9.67. The van der Waals surface area contributed by atoms with Crippen LogP contribution in [0.5, 0.6) is 5.75 Å². The Morgan fingerprint density at radius 1 is 1.00 bits per heavy atom. The topological polar surface area (TPSA) is 58.6 Å². The minimum Gasteiger partial charge on any atom is -0.438 e. The highest BCUT2D eigenvalue weighted by Crippen LogP contribution is 2.47. The standard InChI is InChI=1S/C30H26N3O3/c1-30(19-20-12-15-22(16-13-20)33(34)35)27(18-28-32(3)24-10-6-7-11-26(24)36-28)31(2)25-17-14-21-8-4-5-9-23(21)29(25)30/h4-18H,19H2,1-3H3/q+1. The van der Waals surface area contributed by atoms with Crippen molar-refractivity contribution in [3.63, 3.8) is 0 Å². The second-order valence-electron chi connectivity index (χ2n) is 9.67. The van der Waals surface area contributed by atoms with Crippen molar-refractivity contribution in [3.8, 4) is 5.75 Å². The lowest BCUT2D eigenvalue weighted by atomic mass is 9.73. The van der Waals surface area contributed by atoms with Crippen LogP contribution >= 0.6 is 0 Å². The Morgan fingerprint density at radius 3 is 2.47 bits per heavy atom. The first kappa shape index (κ1) is 22.0. The molecular formula is C30H26N3O3+. The number of fused-ring (bicyclic) bond motifs is 4. The molecule has 0 spiro atoms. The molecule has 0 aliphatic carbocycles. The van der Waals surface area contributed by atoms with Gasteiger partial charge in [0.25, 0.3) is 5.69 Å². The molecule has 6 heteroatoms. The molecule has 0 saturated heterocycles. The molecule has 1 unspecified atom stereocenters. The zero-order chi connectivity index (χ0) is 25.0. The normalized spacial score (nSPS) is 19.5. The first-order valence-electron chi connectivity index (χ1n) is 12.0. The van der Waals surface area contributed by atoms with Crippen LogP contribution in [0.4, 0.5) is 17.1 Å². The van der Waals surface area contributed by atoms with Gasteiger partial charge in [0.05, 0.1) is 22.1 Å². The van der Waals surface area contributed by atoms with Crippen molar-refractivity contribution in [2.24, 2.45) is 0 Å². The van der Waals surface area contributed by atoms with E-state index in [1.165, 1.54) is 16.3 Å². The fraction of sp³-hybridized carbons (Fsp3) is 0.167. The van der Waals surface area contributed by atoms with Crippen LogP contribution in [0.25, 0.3) is 10.8 Å². The van der Waals surface area contributed by atoms with Crippen LogP contribution in [0, 0.1) is 10.1 Å². The van der Waals surface area contributed by atoms with Crippen LogP contribution < -0.4 is 9.64 Å². The van der Waals surface area contributed by atoms with E-state index in [1.54, 1.807) is 12.1 Å². The summed E-state index contributed by atoms with van der Waals surface area (Å²) < 4.78 is 8.52. The summed E-state index contributed by atoms with van der Waals surface area (Å²) in [5, 5.41) is 13.6. The van der Waals surface area contributed by atoms with Crippen molar-refractivity contribution >= 4 is 33.5 Å². The fourth-order valence-electron chi connectivity index (χ4n) is 5.69. The first-order valence-corrected chi connectivity index (χ1v) is 12.0. The van der Waals surface area contributed by atoms with Gasteiger partial charge in [0.1, 0.15) is 7.05 Å². The molecule has 0 amide bonds. The van der Waals surface area contributed by atoms with E-state index in [0.717, 1.165) is 34.3 Å². The number of hydrogen-bond donors (Lipinski definition) is 0. The predicted molar refractivity (Wildman–Crippen MR) is 143 cm³/mol. The third kappa shape index (κ3) is 3.29. The van der Waals surface area contributed by atoms with E-state index in [0.29, 0.717) is 6.42 Å². The van der Waals surface area contributed by atoms with Gasteiger partial charge in [0.15, 0.2) is 11.5 Å². The zero-order valence-corrected chi connectivity index (χ0v) is 20.4. The Labute approximate surface area is 209 Å². The SMILES string of the molecule is CN1/C(=C/C2=[N+](C)c3ccc4ccccc4c3C2(C)Cc2ccc([N+](=O)[O-])cc2)Oc2ccccc21. The van der Waals surface area contributed by atoms with E-state index in [-0.39, 0.29) is 10.6 Å². The molecular weight excluding hydrogens is 450 g/mol. The summed E-state index contributed by atoms with van der Waals surface area (Å²) in [4.78, 5) is 12.9. The maximum Gasteiger partial charge on any atom is 0.269 e. The molecule has 1 atom stereocenters. The molecule has 4 aromatic carbocycles. The molecule has 0 aromatic heterocycles. The molecule has 4 aromatic rings. The number of para-hydroxylation sites is 2. The molecule has 0 saturated carbocycles. The molecule has 2 heterocycles. The van der Waals surface area contributed by atoms with Gasteiger partial charge in [-0.1, -0.05) is 48.5 Å². The first-order chi connectivity index (χ1) is 17.4. The van der Waals surface area contributed by atoms with Gasteiger partial charge in [0.2, 0.25) is 11.6 Å². The maximum absolute atomic E-state index is 11.2. The van der Waals surface area contributed by atoms with Gasteiger partial charge >= 0.3 is 0 Å². The van der Waals surface area contributed by atoms with Crippen LogP contribution in [-0.2, 0) is 11.8 Å². The molecule has 6 nitrogen and oxygen atoms in total. The molecule has 2 aliphatic rings. The Balaban J connectivity index is 1.52. The number of allylic oxidation sites excluding steroid dienone is 1. The Bertz CT molecular complexity index is 1600. The quantitative estimate of drug-likeness (QED) is 0.196. The number of nitro benzene ring substituents is 1. The molecule has 0 fully saturated rings. The summed E-state index contributed by atoms with van der Waals surface area (Å²) >= 11 is 0. The Morgan fingerprint density at radius 2 is 1.72 bits per heavy atom. The Hall–Kier alpha value is -4.45. The van der Waals surface area contributed by atoms with E-state index in [4.69, 9.17) is 4.74 Å². The van der Waals surface area contributed by atoms with Gasteiger partial charge in [-0.05, 0) is 47.9 Å². The van der Waals surface area contributed by atoms with Gasteiger partial charge in [-0.3, -0.25) is 10.1 Å². The van der Waals surface area contributed by atoms with Gasteiger partial charge < -0.3 is 9.64 Å². The third-order valence-corrected chi connectivity index (χ3v) is 7.48. The molecule has 6 rings (SSSR count). The number of hydrogen-bond acceptors (Lipinski definition) is 4. The Kier molecular flexibility index (Phi) is 4.93. The van der Waals surface area contributed by atoms with Crippen LogP contribution in [-0.4, -0.2) is 29.3 Å². The summed E-state index contributed by atoms with van der Waals surface area (Å²) in [5.74, 6) is 1.61. The summed E-state index contributed by atoms with van der Waals surface area (Å²) in [7, 11) is 4.12. The third-order valence-electron chi connectivity index (χ3n) is 7.48. The highest BCUT2D eigenvalue weighted by molar-refractivity contribution is 6.08. The van der Waals surface area contributed by atoms with Crippen LogP contribution in [0.1, 0.15) is 18.1 Å². The number of nitro groups is 1. The van der Waals surface area contributed by atoms with E-state index in [2.05, 4.69) is 72.0 Å². The molecule has 178 valence electrons. The molecule has 0 radical (unpaired) electrons. The fourth-order valence-corrected chi connectivity index (χ4v) is 5.69. The van der Waals surface area contributed by atoms with Crippen LogP contribution in [0.15, 0.2) is 96.9 Å². The average molecular weight is 477 g/mol. The van der Waals surface area contributed by atoms with Crippen molar-refractivity contribution in [2.75, 3.05) is 19.0 Å². The average Bonchev–Trinajstić information content (AvgIpc) is 3.31.